The van der Waals surface area contributed by atoms with Crippen LogP contribution in [0, 0.1) is 5.92 Å². The predicted molar refractivity (Wildman–Crippen MR) is 117 cm³/mol. The lowest BCUT2D eigenvalue weighted by molar-refractivity contribution is -0.141. The number of carbonyl (C=O) groups is 1. The van der Waals surface area contributed by atoms with E-state index in [1.165, 1.54) is 0 Å². The lowest BCUT2D eigenvalue weighted by Crippen LogP contribution is -2.36. The Kier molecular flexibility index (Phi) is 5.41. The van der Waals surface area contributed by atoms with Gasteiger partial charge in [-0.25, -0.2) is 4.98 Å². The van der Waals surface area contributed by atoms with E-state index >= 15 is 0 Å². The van der Waals surface area contributed by atoms with Gasteiger partial charge < -0.3 is 24.5 Å². The van der Waals surface area contributed by atoms with Gasteiger partial charge in [0.25, 0.3) is 6.01 Å². The molecule has 162 valence electrons. The number of carboxylic acids is 1. The number of anilines is 1. The number of nitrogens with zero attached hydrogens (tertiary/aromatic N) is 3. The van der Waals surface area contributed by atoms with E-state index in [1.807, 2.05) is 12.1 Å². The van der Waals surface area contributed by atoms with E-state index in [-0.39, 0.29) is 12.0 Å². The van der Waals surface area contributed by atoms with Gasteiger partial charge in [0, 0.05) is 24.3 Å². The van der Waals surface area contributed by atoms with Crippen LogP contribution in [-0.4, -0.2) is 58.4 Å². The molecule has 1 saturated heterocycles. The Bertz CT molecular complexity index is 1090. The Morgan fingerprint density at radius 1 is 1.19 bits per heavy atom. The zero-order valence-corrected chi connectivity index (χ0v) is 17.6. The number of hydrogen-bond donors (Lipinski definition) is 2. The quantitative estimate of drug-likeness (QED) is 0.620. The third-order valence-electron chi connectivity index (χ3n) is 5.93. The lowest BCUT2D eigenvalue weighted by Gasteiger charge is -2.28. The Morgan fingerprint density at radius 3 is 2.68 bits per heavy atom. The number of pyridine rings is 1. The van der Waals surface area contributed by atoms with Gasteiger partial charge >= 0.3 is 5.97 Å². The molecule has 0 amide bonds. The molecule has 0 bridgehead atoms. The van der Waals surface area contributed by atoms with E-state index in [1.54, 1.807) is 6.07 Å². The number of hydrogen-bond acceptors (Lipinski definition) is 6. The molecule has 9 heteroatoms. The Hall–Kier alpha value is -2.84. The molecule has 2 aliphatic rings. The van der Waals surface area contributed by atoms with Crippen LogP contribution < -0.4 is 9.64 Å². The number of morpholine rings is 1. The average molecular weight is 443 g/mol. The van der Waals surface area contributed by atoms with E-state index in [0.29, 0.717) is 47.2 Å². The van der Waals surface area contributed by atoms with Crippen molar-refractivity contribution in [3.05, 3.63) is 35.4 Å². The third kappa shape index (κ3) is 4.18. The van der Waals surface area contributed by atoms with Gasteiger partial charge in [-0.2, -0.15) is 4.98 Å². The first-order valence-corrected chi connectivity index (χ1v) is 10.8. The van der Waals surface area contributed by atoms with Gasteiger partial charge in [0.2, 0.25) is 0 Å². The molecule has 2 fully saturated rings. The molecular weight excluding hydrogens is 420 g/mol. The topological polar surface area (TPSA) is 101 Å². The van der Waals surface area contributed by atoms with E-state index in [9.17, 15) is 4.79 Å². The number of benzene rings is 1. The highest BCUT2D eigenvalue weighted by Crippen LogP contribution is 2.32. The zero-order valence-electron chi connectivity index (χ0n) is 16.9. The van der Waals surface area contributed by atoms with Crippen molar-refractivity contribution >= 4 is 34.4 Å². The fourth-order valence-corrected chi connectivity index (χ4v) is 4.50. The van der Waals surface area contributed by atoms with Crippen molar-refractivity contribution in [2.75, 3.05) is 31.2 Å². The maximum atomic E-state index is 11.1. The van der Waals surface area contributed by atoms with Crippen molar-refractivity contribution in [2.45, 2.75) is 25.4 Å². The number of H-pyrrole nitrogens is 1. The molecule has 1 aliphatic carbocycles. The number of carboxylic acid groups (broad SMARTS) is 1. The summed E-state index contributed by atoms with van der Waals surface area (Å²) in [7, 11) is 0. The van der Waals surface area contributed by atoms with Gasteiger partial charge in [0.1, 0.15) is 6.10 Å². The van der Waals surface area contributed by atoms with Crippen molar-refractivity contribution < 1.29 is 19.4 Å². The van der Waals surface area contributed by atoms with Gasteiger partial charge in [-0.05, 0) is 37.5 Å². The number of aromatic amines is 1. The van der Waals surface area contributed by atoms with Crippen LogP contribution >= 0.6 is 11.6 Å². The molecule has 3 aromatic rings. The Morgan fingerprint density at radius 2 is 1.97 bits per heavy atom. The molecule has 2 N–H and O–H groups in total. The summed E-state index contributed by atoms with van der Waals surface area (Å²) in [5.74, 6) is -1.12. The highest BCUT2D eigenvalue weighted by atomic mass is 35.5. The van der Waals surface area contributed by atoms with E-state index < -0.39 is 5.97 Å². The summed E-state index contributed by atoms with van der Waals surface area (Å²) in [5.41, 5.74) is 3.92. The maximum Gasteiger partial charge on any atom is 0.306 e. The fourth-order valence-electron chi connectivity index (χ4n) is 4.23. The van der Waals surface area contributed by atoms with Gasteiger partial charge in [0.15, 0.2) is 5.65 Å². The number of aliphatic carboxylic acids is 1. The summed E-state index contributed by atoms with van der Waals surface area (Å²) in [6.45, 7) is 3.25. The highest BCUT2D eigenvalue weighted by Gasteiger charge is 2.31. The molecule has 1 aromatic carbocycles. The minimum Gasteiger partial charge on any atom is -0.481 e. The van der Waals surface area contributed by atoms with Crippen LogP contribution in [0.3, 0.4) is 0 Å². The minimum absolute atomic E-state index is 0.163. The third-order valence-corrected chi connectivity index (χ3v) is 6.22. The SMILES string of the molecule is O=C(O)C1CCC(Oc2nc3nc(-c4ccc(N5CCOCC5)cc4)c(Cl)cc3[nH]2)C1. The highest BCUT2D eigenvalue weighted by molar-refractivity contribution is 6.33. The largest absolute Gasteiger partial charge is 0.481 e. The van der Waals surface area contributed by atoms with Crippen LogP contribution in [0.1, 0.15) is 19.3 Å². The predicted octanol–water partition coefficient (Wildman–Crippen LogP) is 3.75. The Labute approximate surface area is 184 Å². The van der Waals surface area contributed by atoms with Crippen LogP contribution in [-0.2, 0) is 9.53 Å². The molecule has 1 saturated carbocycles. The zero-order chi connectivity index (χ0) is 21.4. The van der Waals surface area contributed by atoms with E-state index in [2.05, 4.69) is 32.0 Å². The Balaban J connectivity index is 1.35. The second kappa shape index (κ2) is 8.36. The fraction of sp³-hybridized carbons (Fsp3) is 0.409. The summed E-state index contributed by atoms with van der Waals surface area (Å²) in [6.07, 6.45) is 1.64. The number of ether oxygens (including phenoxy) is 2. The summed E-state index contributed by atoms with van der Waals surface area (Å²) < 4.78 is 11.3. The van der Waals surface area contributed by atoms with Crippen LogP contribution in [0.2, 0.25) is 5.02 Å². The molecule has 2 aromatic heterocycles. The lowest BCUT2D eigenvalue weighted by atomic mass is 10.1. The number of fused-ring (bicyclic) bond motifs is 1. The maximum absolute atomic E-state index is 11.1. The van der Waals surface area contributed by atoms with Crippen LogP contribution in [0.15, 0.2) is 30.3 Å². The molecular formula is C22H23ClN4O4. The van der Waals surface area contributed by atoms with Crippen LogP contribution in [0.4, 0.5) is 5.69 Å². The van der Waals surface area contributed by atoms with E-state index in [0.717, 1.165) is 37.6 Å². The van der Waals surface area contributed by atoms with Crippen molar-refractivity contribution in [1.82, 2.24) is 15.0 Å². The number of aromatic nitrogens is 3. The summed E-state index contributed by atoms with van der Waals surface area (Å²) in [6, 6.07) is 10.3. The molecule has 0 radical (unpaired) electrons. The van der Waals surface area contributed by atoms with E-state index in [4.69, 9.17) is 26.2 Å². The van der Waals surface area contributed by atoms with Crippen molar-refractivity contribution in [3.8, 4) is 17.3 Å². The first kappa shape index (κ1) is 20.1. The van der Waals surface area contributed by atoms with Crippen molar-refractivity contribution in [2.24, 2.45) is 5.92 Å². The monoisotopic (exact) mass is 442 g/mol. The normalized spacial score (nSPS) is 21.5. The summed E-state index contributed by atoms with van der Waals surface area (Å²) in [5, 5.41) is 9.68. The van der Waals surface area contributed by atoms with Crippen LogP contribution in [0.25, 0.3) is 22.4 Å². The molecule has 31 heavy (non-hydrogen) atoms. The summed E-state index contributed by atoms with van der Waals surface area (Å²) in [4.78, 5) is 25.6. The van der Waals surface area contributed by atoms with Gasteiger partial charge in [-0.15, -0.1) is 0 Å². The first-order chi connectivity index (χ1) is 15.1. The second-order valence-corrected chi connectivity index (χ2v) is 8.37. The molecule has 5 rings (SSSR count). The standard InChI is InChI=1S/C22H23ClN4O4/c23-17-12-18-20(26-22(24-18)31-16-6-3-14(11-16)21(28)29)25-19(17)13-1-4-15(5-2-13)27-7-9-30-10-8-27/h1-2,4-5,12,14,16H,3,6-11H2,(H,28,29)(H,24,25,26). The van der Waals surface area contributed by atoms with Crippen molar-refractivity contribution in [3.63, 3.8) is 0 Å². The summed E-state index contributed by atoms with van der Waals surface area (Å²) >= 11 is 6.52. The minimum atomic E-state index is -0.770. The van der Waals surface area contributed by atoms with Crippen LogP contribution in [0.5, 0.6) is 6.01 Å². The number of imidazole rings is 1. The van der Waals surface area contributed by atoms with Gasteiger partial charge in [-0.3, -0.25) is 4.79 Å². The second-order valence-electron chi connectivity index (χ2n) is 7.97. The number of rotatable bonds is 5. The smallest absolute Gasteiger partial charge is 0.306 e. The average Bonchev–Trinajstić information content (AvgIpc) is 3.40. The molecule has 0 spiro atoms. The molecule has 2 unspecified atom stereocenters. The molecule has 2 atom stereocenters. The number of nitrogens with one attached hydrogen (secondary N) is 1. The first-order valence-electron chi connectivity index (χ1n) is 10.5. The van der Waals surface area contributed by atoms with Gasteiger partial charge in [0.05, 0.1) is 35.4 Å². The number of halogens is 1. The molecule has 1 aliphatic heterocycles. The molecule has 3 heterocycles. The molecule has 8 nitrogen and oxygen atoms in total. The van der Waals surface area contributed by atoms with Crippen molar-refractivity contribution in [1.29, 1.82) is 0 Å². The van der Waals surface area contributed by atoms with Gasteiger partial charge in [-0.1, -0.05) is 23.7 Å².